The molecule has 11 nitrogen and oxygen atoms in total. The molecule has 0 aromatic rings. The van der Waals surface area contributed by atoms with Gasteiger partial charge in [-0.2, -0.15) is 0 Å². The van der Waals surface area contributed by atoms with Crippen LogP contribution in [0, 0.1) is 0 Å². The average molecular weight is 984 g/mol. The minimum atomic E-state index is -4.76. The first-order valence-corrected chi connectivity index (χ1v) is 29.9. The maximum atomic E-state index is 12.4. The maximum absolute atomic E-state index is 12.4. The van der Waals surface area contributed by atoms with Crippen LogP contribution < -0.4 is 5.32 Å². The standard InChI is InChI=1S/C56H106NO10P/c1-3-5-7-9-11-13-15-17-19-21-23-25-26-28-30-32-34-36-38-40-42-44-46-48-55(60)65-49-52(58)50-66-68(63,64)67-51-53(56(61)62)57-54(59)47-45-43-41-39-37-35-33-31-29-27-24-22-20-18-16-14-12-10-8-6-4-2/h12,14,18,20,52-53,58H,3-11,13,15-17,19,21-51H2,1-2H3,(H,57,59)(H,61,62)(H,63,64)/b14-12-,20-18-. The van der Waals surface area contributed by atoms with Crippen LogP contribution in [0.25, 0.3) is 0 Å². The van der Waals surface area contributed by atoms with Gasteiger partial charge in [0.25, 0.3) is 0 Å². The van der Waals surface area contributed by atoms with Gasteiger partial charge in [-0.25, -0.2) is 9.36 Å². The molecule has 0 aliphatic heterocycles. The van der Waals surface area contributed by atoms with Gasteiger partial charge in [-0.15, -0.1) is 0 Å². The Labute approximate surface area is 417 Å². The molecule has 68 heavy (non-hydrogen) atoms. The molecule has 1 amide bonds. The zero-order chi connectivity index (χ0) is 49.9. The largest absolute Gasteiger partial charge is 0.480 e. The van der Waals surface area contributed by atoms with Crippen molar-refractivity contribution in [1.82, 2.24) is 5.32 Å². The molecule has 0 saturated heterocycles. The van der Waals surface area contributed by atoms with Crippen molar-refractivity contribution in [3.8, 4) is 0 Å². The normalized spacial score (nSPS) is 13.6. The minimum Gasteiger partial charge on any atom is -0.480 e. The number of allylic oxidation sites excluding steroid dienone is 4. The Balaban J connectivity index is 3.75. The van der Waals surface area contributed by atoms with Gasteiger partial charge >= 0.3 is 19.8 Å². The second-order valence-corrected chi connectivity index (χ2v) is 20.9. The number of phosphoric ester groups is 1. The van der Waals surface area contributed by atoms with Gasteiger partial charge in [-0.1, -0.05) is 250 Å². The van der Waals surface area contributed by atoms with E-state index in [0.29, 0.717) is 12.8 Å². The molecule has 0 radical (unpaired) electrons. The number of rotatable bonds is 54. The first-order chi connectivity index (χ1) is 33.1. The summed E-state index contributed by atoms with van der Waals surface area (Å²) in [6, 6.07) is -1.55. The number of aliphatic hydroxyl groups excluding tert-OH is 1. The predicted octanol–water partition coefficient (Wildman–Crippen LogP) is 16.1. The van der Waals surface area contributed by atoms with Crippen LogP contribution in [0.4, 0.5) is 0 Å². The third kappa shape index (κ3) is 50.4. The van der Waals surface area contributed by atoms with E-state index in [1.165, 1.54) is 199 Å². The zero-order valence-electron chi connectivity index (χ0n) is 43.9. The molecule has 0 saturated carbocycles. The second-order valence-electron chi connectivity index (χ2n) is 19.5. The van der Waals surface area contributed by atoms with Crippen LogP contribution in [0.5, 0.6) is 0 Å². The number of hydrogen-bond acceptors (Lipinski definition) is 8. The van der Waals surface area contributed by atoms with Crippen LogP contribution >= 0.6 is 7.82 Å². The smallest absolute Gasteiger partial charge is 0.472 e. The predicted molar refractivity (Wildman–Crippen MR) is 282 cm³/mol. The summed E-state index contributed by atoms with van der Waals surface area (Å²) in [6.07, 6.45) is 57.8. The molecular formula is C56H106NO10P. The molecule has 0 heterocycles. The van der Waals surface area contributed by atoms with Crippen molar-refractivity contribution in [3.05, 3.63) is 24.3 Å². The topological polar surface area (TPSA) is 169 Å². The van der Waals surface area contributed by atoms with Gasteiger partial charge in [0.1, 0.15) is 12.7 Å². The fraction of sp³-hybridized carbons (Fsp3) is 0.875. The molecule has 0 bridgehead atoms. The van der Waals surface area contributed by atoms with E-state index in [2.05, 4.69) is 43.5 Å². The number of hydrogen-bond donors (Lipinski definition) is 4. The highest BCUT2D eigenvalue weighted by Crippen LogP contribution is 2.43. The summed E-state index contributed by atoms with van der Waals surface area (Å²) in [6.45, 7) is 2.63. The van der Waals surface area contributed by atoms with Crippen molar-refractivity contribution in [3.63, 3.8) is 0 Å². The second kappa shape index (κ2) is 51.3. The Bertz CT molecular complexity index is 1250. The number of esters is 1. The summed E-state index contributed by atoms with van der Waals surface area (Å²) in [5.74, 6) is -2.36. The number of unbranched alkanes of at least 4 members (excludes halogenated alkanes) is 36. The number of carboxylic acids is 1. The van der Waals surface area contributed by atoms with Crippen molar-refractivity contribution >= 4 is 25.7 Å². The highest BCUT2D eigenvalue weighted by molar-refractivity contribution is 7.47. The number of ether oxygens (including phenoxy) is 1. The summed E-state index contributed by atoms with van der Waals surface area (Å²) in [5, 5.41) is 22.0. The first kappa shape index (κ1) is 66.0. The number of nitrogens with one attached hydrogen (secondary N) is 1. The molecule has 3 unspecified atom stereocenters. The third-order valence-electron chi connectivity index (χ3n) is 12.7. The number of carbonyl (C=O) groups excluding carboxylic acids is 2. The Morgan fingerprint density at radius 3 is 1.22 bits per heavy atom. The van der Waals surface area contributed by atoms with E-state index < -0.39 is 57.6 Å². The lowest BCUT2D eigenvalue weighted by molar-refractivity contribution is -0.147. The van der Waals surface area contributed by atoms with E-state index in [9.17, 15) is 34.1 Å². The number of aliphatic hydroxyl groups is 1. The Kier molecular flexibility index (Phi) is 49.8. The summed E-state index contributed by atoms with van der Waals surface area (Å²) in [7, 11) is -4.76. The van der Waals surface area contributed by atoms with Crippen molar-refractivity contribution in [2.24, 2.45) is 0 Å². The van der Waals surface area contributed by atoms with Crippen LogP contribution in [0.15, 0.2) is 24.3 Å². The maximum Gasteiger partial charge on any atom is 0.472 e. The minimum absolute atomic E-state index is 0.145. The number of carbonyl (C=O) groups is 3. The quantitative estimate of drug-likeness (QED) is 0.0199. The molecule has 3 atom stereocenters. The average Bonchev–Trinajstić information content (AvgIpc) is 3.32. The van der Waals surface area contributed by atoms with Gasteiger partial charge in [-0.3, -0.25) is 18.6 Å². The molecule has 0 spiro atoms. The van der Waals surface area contributed by atoms with Crippen LogP contribution in [0.1, 0.15) is 284 Å². The van der Waals surface area contributed by atoms with Gasteiger partial charge in [0, 0.05) is 12.8 Å². The van der Waals surface area contributed by atoms with Gasteiger partial charge in [0.2, 0.25) is 5.91 Å². The van der Waals surface area contributed by atoms with Crippen LogP contribution in [0.2, 0.25) is 0 Å². The van der Waals surface area contributed by atoms with E-state index in [4.69, 9.17) is 13.8 Å². The molecule has 400 valence electrons. The number of phosphoric acid groups is 1. The lowest BCUT2D eigenvalue weighted by atomic mass is 10.0. The molecule has 0 aromatic carbocycles. The molecule has 4 N–H and O–H groups in total. The third-order valence-corrected chi connectivity index (χ3v) is 13.7. The van der Waals surface area contributed by atoms with E-state index in [1.807, 2.05) is 0 Å². The van der Waals surface area contributed by atoms with Gasteiger partial charge < -0.3 is 25.2 Å². The van der Waals surface area contributed by atoms with Crippen LogP contribution in [0.3, 0.4) is 0 Å². The molecule has 0 aliphatic rings. The van der Waals surface area contributed by atoms with Crippen LogP contribution in [-0.4, -0.2) is 64.9 Å². The van der Waals surface area contributed by atoms with Crippen LogP contribution in [-0.2, 0) is 32.7 Å². The summed E-state index contributed by atoms with van der Waals surface area (Å²) < 4.78 is 27.0. The molecule has 12 heteroatoms. The van der Waals surface area contributed by atoms with E-state index in [1.54, 1.807) is 0 Å². The molecule has 0 rings (SSSR count). The summed E-state index contributed by atoms with van der Waals surface area (Å²) >= 11 is 0. The lowest BCUT2D eigenvalue weighted by Crippen LogP contribution is -2.43. The van der Waals surface area contributed by atoms with Gasteiger partial charge in [0.05, 0.1) is 13.2 Å². The van der Waals surface area contributed by atoms with Crippen molar-refractivity contribution in [2.75, 3.05) is 19.8 Å². The van der Waals surface area contributed by atoms with Gasteiger partial charge in [0.15, 0.2) is 6.04 Å². The summed E-state index contributed by atoms with van der Waals surface area (Å²) in [5.41, 5.74) is 0. The van der Waals surface area contributed by atoms with Crippen molar-refractivity contribution in [2.45, 2.75) is 296 Å². The fourth-order valence-electron chi connectivity index (χ4n) is 8.35. The zero-order valence-corrected chi connectivity index (χ0v) is 44.8. The van der Waals surface area contributed by atoms with E-state index in [-0.39, 0.29) is 12.8 Å². The van der Waals surface area contributed by atoms with E-state index in [0.717, 1.165) is 44.9 Å². The first-order valence-electron chi connectivity index (χ1n) is 28.4. The number of carboxylic acid groups (broad SMARTS) is 1. The highest BCUT2D eigenvalue weighted by Gasteiger charge is 2.28. The monoisotopic (exact) mass is 984 g/mol. The van der Waals surface area contributed by atoms with Gasteiger partial charge in [-0.05, 0) is 44.9 Å². The molecular weight excluding hydrogens is 878 g/mol. The molecule has 0 fully saturated rings. The molecule has 0 aromatic heterocycles. The number of amides is 1. The molecule has 0 aliphatic carbocycles. The van der Waals surface area contributed by atoms with Crippen molar-refractivity contribution in [1.29, 1.82) is 0 Å². The lowest BCUT2D eigenvalue weighted by Gasteiger charge is -2.18. The Morgan fingerprint density at radius 2 is 0.809 bits per heavy atom. The van der Waals surface area contributed by atoms with Crippen molar-refractivity contribution < 1.29 is 47.8 Å². The highest BCUT2D eigenvalue weighted by atomic mass is 31.2. The summed E-state index contributed by atoms with van der Waals surface area (Å²) in [4.78, 5) is 46.2. The SMILES string of the molecule is CCCCC/C=C\C/C=C\CCCCCCCCCCCCCC(=O)NC(COP(=O)(O)OCC(O)COC(=O)CCCCCCCCCCCCCCCCCCCCCCCCC)C(=O)O. The van der Waals surface area contributed by atoms with E-state index >= 15 is 0 Å². The Morgan fingerprint density at radius 1 is 0.471 bits per heavy atom. The number of aliphatic carboxylic acids is 1. The fourth-order valence-corrected chi connectivity index (χ4v) is 9.12. The Hall–Kier alpha value is -2.04.